The maximum absolute atomic E-state index is 4.18. The molecule has 0 aliphatic heterocycles. The number of hydrogen-bond donors (Lipinski definition) is 1. The molecule has 2 rings (SSSR count). The molecule has 6 heteroatoms. The van der Waals surface area contributed by atoms with Gasteiger partial charge >= 0.3 is 0 Å². The van der Waals surface area contributed by atoms with Crippen LogP contribution in [-0.4, -0.2) is 26.1 Å². The molecule has 96 valence electrons. The summed E-state index contributed by atoms with van der Waals surface area (Å²) in [4.78, 5) is 9.35. The lowest BCUT2D eigenvalue weighted by molar-refractivity contribution is 0.597. The SMILES string of the molecule is CCCNC(c1cncnc1)c1snnc1CC. The molecule has 0 fully saturated rings. The molecule has 0 aliphatic rings. The van der Waals surface area contributed by atoms with Gasteiger partial charge in [-0.2, -0.15) is 0 Å². The van der Waals surface area contributed by atoms with Crippen LogP contribution in [0.15, 0.2) is 18.7 Å². The van der Waals surface area contributed by atoms with Crippen molar-refractivity contribution in [1.29, 1.82) is 0 Å². The topological polar surface area (TPSA) is 63.6 Å². The van der Waals surface area contributed by atoms with Crippen molar-refractivity contribution in [2.45, 2.75) is 32.7 Å². The van der Waals surface area contributed by atoms with Gasteiger partial charge in [-0.05, 0) is 30.9 Å². The number of aryl methyl sites for hydroxylation is 1. The van der Waals surface area contributed by atoms with Crippen molar-refractivity contribution in [3.63, 3.8) is 0 Å². The van der Waals surface area contributed by atoms with Crippen LogP contribution in [0.2, 0.25) is 0 Å². The lowest BCUT2D eigenvalue weighted by Crippen LogP contribution is -2.23. The Morgan fingerprint density at radius 2 is 2.06 bits per heavy atom. The van der Waals surface area contributed by atoms with E-state index >= 15 is 0 Å². The molecule has 1 unspecified atom stereocenters. The highest BCUT2D eigenvalue weighted by Gasteiger charge is 2.20. The van der Waals surface area contributed by atoms with Crippen LogP contribution in [0, 0.1) is 0 Å². The highest BCUT2D eigenvalue weighted by atomic mass is 32.1. The Kier molecular flexibility index (Phi) is 4.72. The molecule has 0 spiro atoms. The maximum Gasteiger partial charge on any atom is 0.115 e. The summed E-state index contributed by atoms with van der Waals surface area (Å²) >= 11 is 1.45. The van der Waals surface area contributed by atoms with E-state index in [1.54, 1.807) is 6.33 Å². The van der Waals surface area contributed by atoms with E-state index in [2.05, 4.69) is 38.7 Å². The number of rotatable bonds is 6. The Morgan fingerprint density at radius 1 is 1.28 bits per heavy atom. The second-order valence-corrected chi connectivity index (χ2v) is 4.78. The third kappa shape index (κ3) is 2.88. The highest BCUT2D eigenvalue weighted by molar-refractivity contribution is 7.05. The van der Waals surface area contributed by atoms with Crippen LogP contribution < -0.4 is 5.32 Å². The Bertz CT molecular complexity index is 470. The first-order valence-corrected chi connectivity index (χ1v) is 6.93. The highest BCUT2D eigenvalue weighted by Crippen LogP contribution is 2.26. The van der Waals surface area contributed by atoms with Crippen LogP contribution in [0.4, 0.5) is 0 Å². The molecule has 18 heavy (non-hydrogen) atoms. The predicted molar refractivity (Wildman–Crippen MR) is 71.5 cm³/mol. The lowest BCUT2D eigenvalue weighted by atomic mass is 10.1. The van der Waals surface area contributed by atoms with Crippen molar-refractivity contribution in [3.05, 3.63) is 34.9 Å². The first kappa shape index (κ1) is 13.0. The van der Waals surface area contributed by atoms with Crippen molar-refractivity contribution >= 4 is 11.5 Å². The van der Waals surface area contributed by atoms with Gasteiger partial charge in [-0.1, -0.05) is 18.3 Å². The van der Waals surface area contributed by atoms with Gasteiger partial charge in [-0.3, -0.25) is 0 Å². The summed E-state index contributed by atoms with van der Waals surface area (Å²) < 4.78 is 4.06. The van der Waals surface area contributed by atoms with E-state index in [9.17, 15) is 0 Å². The van der Waals surface area contributed by atoms with Gasteiger partial charge in [0.25, 0.3) is 0 Å². The van der Waals surface area contributed by atoms with Gasteiger partial charge < -0.3 is 5.32 Å². The van der Waals surface area contributed by atoms with Gasteiger partial charge in [-0.15, -0.1) is 5.10 Å². The molecule has 0 saturated heterocycles. The molecule has 1 N–H and O–H groups in total. The van der Waals surface area contributed by atoms with Crippen LogP contribution in [0.5, 0.6) is 0 Å². The Balaban J connectivity index is 2.31. The molecule has 2 heterocycles. The fraction of sp³-hybridized carbons (Fsp3) is 0.500. The normalized spacial score (nSPS) is 12.6. The summed E-state index contributed by atoms with van der Waals surface area (Å²) in [7, 11) is 0. The summed E-state index contributed by atoms with van der Waals surface area (Å²) in [6.07, 6.45) is 7.21. The van der Waals surface area contributed by atoms with Crippen molar-refractivity contribution in [2.24, 2.45) is 0 Å². The standard InChI is InChI=1S/C12H17N5S/c1-3-5-15-11(9-6-13-8-14-7-9)12-10(4-2)16-17-18-12/h6-8,11,15H,3-5H2,1-2H3. The van der Waals surface area contributed by atoms with E-state index in [0.717, 1.165) is 30.6 Å². The Labute approximate surface area is 111 Å². The van der Waals surface area contributed by atoms with E-state index in [1.165, 1.54) is 16.4 Å². The van der Waals surface area contributed by atoms with Gasteiger partial charge in [0.1, 0.15) is 6.33 Å². The Morgan fingerprint density at radius 3 is 2.72 bits per heavy atom. The summed E-state index contributed by atoms with van der Waals surface area (Å²) in [5.41, 5.74) is 2.11. The summed E-state index contributed by atoms with van der Waals surface area (Å²) in [6, 6.07) is 0.0982. The van der Waals surface area contributed by atoms with E-state index in [4.69, 9.17) is 0 Å². The molecule has 0 bridgehead atoms. The van der Waals surface area contributed by atoms with E-state index in [-0.39, 0.29) is 6.04 Å². The molecule has 0 radical (unpaired) electrons. The molecule has 5 nitrogen and oxygen atoms in total. The largest absolute Gasteiger partial charge is 0.305 e. The quantitative estimate of drug-likeness (QED) is 0.863. The van der Waals surface area contributed by atoms with Crippen LogP contribution >= 0.6 is 11.5 Å². The molecule has 2 aromatic heterocycles. The van der Waals surface area contributed by atoms with Crippen LogP contribution in [0.25, 0.3) is 0 Å². The molecular weight excluding hydrogens is 246 g/mol. The fourth-order valence-corrected chi connectivity index (χ4v) is 2.63. The van der Waals surface area contributed by atoms with Crippen molar-refractivity contribution in [1.82, 2.24) is 24.9 Å². The summed E-state index contributed by atoms with van der Waals surface area (Å²) in [5, 5.41) is 7.69. The second kappa shape index (κ2) is 6.51. The molecule has 0 aromatic carbocycles. The first-order chi connectivity index (χ1) is 8.86. The van der Waals surface area contributed by atoms with Gasteiger partial charge in [0, 0.05) is 18.0 Å². The zero-order valence-electron chi connectivity index (χ0n) is 10.6. The summed E-state index contributed by atoms with van der Waals surface area (Å²) in [6.45, 7) is 5.19. The average molecular weight is 263 g/mol. The minimum Gasteiger partial charge on any atom is -0.305 e. The van der Waals surface area contributed by atoms with Gasteiger partial charge in [0.05, 0.1) is 16.6 Å². The smallest absolute Gasteiger partial charge is 0.115 e. The molecule has 0 amide bonds. The van der Waals surface area contributed by atoms with Crippen LogP contribution in [0.3, 0.4) is 0 Å². The van der Waals surface area contributed by atoms with Crippen molar-refractivity contribution in [2.75, 3.05) is 6.54 Å². The van der Waals surface area contributed by atoms with Crippen LogP contribution in [-0.2, 0) is 6.42 Å². The van der Waals surface area contributed by atoms with Crippen molar-refractivity contribution < 1.29 is 0 Å². The van der Waals surface area contributed by atoms with E-state index in [0.29, 0.717) is 0 Å². The second-order valence-electron chi connectivity index (χ2n) is 4.00. The van der Waals surface area contributed by atoms with Gasteiger partial charge in [0.2, 0.25) is 0 Å². The number of nitrogens with one attached hydrogen (secondary N) is 1. The summed E-state index contributed by atoms with van der Waals surface area (Å²) in [5.74, 6) is 0. The third-order valence-corrected chi connectivity index (χ3v) is 3.53. The fourth-order valence-electron chi connectivity index (χ4n) is 1.79. The zero-order valence-corrected chi connectivity index (χ0v) is 11.4. The Hall–Kier alpha value is -1.40. The average Bonchev–Trinajstić information content (AvgIpc) is 2.89. The van der Waals surface area contributed by atoms with Crippen molar-refractivity contribution in [3.8, 4) is 0 Å². The molecule has 1 atom stereocenters. The van der Waals surface area contributed by atoms with Gasteiger partial charge in [-0.25, -0.2) is 9.97 Å². The predicted octanol–water partition coefficient (Wildman–Crippen LogP) is 1.98. The minimum atomic E-state index is 0.0982. The minimum absolute atomic E-state index is 0.0982. The number of hydrogen-bond acceptors (Lipinski definition) is 6. The monoisotopic (exact) mass is 263 g/mol. The maximum atomic E-state index is 4.18. The van der Waals surface area contributed by atoms with Gasteiger partial charge in [0.15, 0.2) is 0 Å². The molecule has 0 saturated carbocycles. The third-order valence-electron chi connectivity index (χ3n) is 2.69. The van der Waals surface area contributed by atoms with E-state index < -0.39 is 0 Å². The zero-order chi connectivity index (χ0) is 12.8. The molecular formula is C12H17N5S. The first-order valence-electron chi connectivity index (χ1n) is 6.16. The van der Waals surface area contributed by atoms with E-state index in [1.807, 2.05) is 12.4 Å². The lowest BCUT2D eigenvalue weighted by Gasteiger charge is -2.17. The number of nitrogens with zero attached hydrogens (tertiary/aromatic N) is 4. The van der Waals surface area contributed by atoms with Crippen LogP contribution in [0.1, 0.15) is 42.4 Å². The number of aromatic nitrogens is 4. The molecule has 0 aliphatic carbocycles. The molecule has 2 aromatic rings.